The molecule has 2 aromatic carbocycles. The molecule has 0 spiro atoms. The number of benzene rings is 2. The standard InChI is InChI=1S/C23H25N5O2/c1-3-30-21-12-17-16-6-4-5-7-19(16)24-22(18(17)13-20(21)29-2)14-8-10-15(11-9-14)23-25-27-28-26-23/h8-13,16,19H,3-7H2,1-2H3,(H,25,26,27,28)/t16-,19-/m0/s1. The van der Waals surface area contributed by atoms with E-state index in [0.717, 1.165) is 40.3 Å². The number of ether oxygens (including phenoxy) is 2. The average molecular weight is 403 g/mol. The van der Waals surface area contributed by atoms with Crippen LogP contribution < -0.4 is 9.47 Å². The average Bonchev–Trinajstić information content (AvgIpc) is 3.33. The molecule has 154 valence electrons. The number of aliphatic imine (C=N–C) groups is 1. The van der Waals surface area contributed by atoms with E-state index in [2.05, 4.69) is 44.9 Å². The summed E-state index contributed by atoms with van der Waals surface area (Å²) < 4.78 is 11.5. The number of methoxy groups -OCH3 is 1. The van der Waals surface area contributed by atoms with Crippen LogP contribution in [0.5, 0.6) is 11.5 Å². The van der Waals surface area contributed by atoms with Crippen LogP contribution in [0.15, 0.2) is 41.4 Å². The molecule has 2 heterocycles. The molecule has 0 radical (unpaired) electrons. The maximum atomic E-state index is 5.88. The van der Waals surface area contributed by atoms with Crippen molar-refractivity contribution in [3.8, 4) is 22.9 Å². The Hall–Kier alpha value is -3.22. The van der Waals surface area contributed by atoms with E-state index in [-0.39, 0.29) is 0 Å². The molecule has 3 aromatic rings. The van der Waals surface area contributed by atoms with Crippen LogP contribution in [0.3, 0.4) is 0 Å². The number of tetrazole rings is 1. The van der Waals surface area contributed by atoms with Gasteiger partial charge in [-0.15, -0.1) is 10.2 Å². The molecule has 0 saturated heterocycles. The highest BCUT2D eigenvalue weighted by molar-refractivity contribution is 6.15. The summed E-state index contributed by atoms with van der Waals surface area (Å²) in [7, 11) is 1.69. The highest BCUT2D eigenvalue weighted by Crippen LogP contribution is 2.44. The molecule has 1 aliphatic carbocycles. The van der Waals surface area contributed by atoms with Crippen LogP contribution in [0.25, 0.3) is 11.4 Å². The van der Waals surface area contributed by atoms with Gasteiger partial charge in [-0.3, -0.25) is 4.99 Å². The highest BCUT2D eigenvalue weighted by atomic mass is 16.5. The summed E-state index contributed by atoms with van der Waals surface area (Å²) in [6, 6.07) is 12.8. The summed E-state index contributed by atoms with van der Waals surface area (Å²) >= 11 is 0. The number of H-pyrrole nitrogens is 1. The van der Waals surface area contributed by atoms with E-state index in [4.69, 9.17) is 14.5 Å². The zero-order valence-electron chi connectivity index (χ0n) is 17.3. The van der Waals surface area contributed by atoms with Crippen molar-refractivity contribution in [1.82, 2.24) is 20.6 Å². The molecule has 1 fully saturated rings. The van der Waals surface area contributed by atoms with E-state index in [1.807, 2.05) is 19.1 Å². The molecular formula is C23H25N5O2. The number of hydrogen-bond donors (Lipinski definition) is 1. The molecule has 1 N–H and O–H groups in total. The topological polar surface area (TPSA) is 85.3 Å². The Morgan fingerprint density at radius 3 is 2.57 bits per heavy atom. The predicted octanol–water partition coefficient (Wildman–Crippen LogP) is 4.15. The summed E-state index contributed by atoms with van der Waals surface area (Å²) in [6.45, 7) is 2.61. The molecule has 0 bridgehead atoms. The summed E-state index contributed by atoms with van der Waals surface area (Å²) in [4.78, 5) is 5.23. The minimum absolute atomic E-state index is 0.320. The van der Waals surface area contributed by atoms with Gasteiger partial charge in [-0.1, -0.05) is 37.1 Å². The van der Waals surface area contributed by atoms with E-state index in [1.165, 1.54) is 24.8 Å². The smallest absolute Gasteiger partial charge is 0.204 e. The van der Waals surface area contributed by atoms with Crippen molar-refractivity contribution in [3.63, 3.8) is 0 Å². The number of nitrogens with zero attached hydrogens (tertiary/aromatic N) is 4. The minimum atomic E-state index is 0.320. The van der Waals surface area contributed by atoms with E-state index < -0.39 is 0 Å². The van der Waals surface area contributed by atoms with Gasteiger partial charge in [-0.2, -0.15) is 5.21 Å². The van der Waals surface area contributed by atoms with Gasteiger partial charge in [-0.05, 0) is 42.7 Å². The predicted molar refractivity (Wildman–Crippen MR) is 114 cm³/mol. The first-order valence-corrected chi connectivity index (χ1v) is 10.6. The van der Waals surface area contributed by atoms with Crippen molar-refractivity contribution in [3.05, 3.63) is 53.1 Å². The normalized spacial score (nSPS) is 20.1. The molecule has 2 aliphatic rings. The molecule has 5 rings (SSSR count). The lowest BCUT2D eigenvalue weighted by molar-refractivity contribution is 0.308. The van der Waals surface area contributed by atoms with Crippen molar-refractivity contribution in [2.75, 3.05) is 13.7 Å². The van der Waals surface area contributed by atoms with Crippen molar-refractivity contribution in [2.24, 2.45) is 4.99 Å². The molecule has 1 aliphatic heterocycles. The molecule has 0 unspecified atom stereocenters. The molecule has 7 heteroatoms. The number of aromatic amines is 1. The zero-order chi connectivity index (χ0) is 20.5. The van der Waals surface area contributed by atoms with Gasteiger partial charge in [0.1, 0.15) is 0 Å². The largest absolute Gasteiger partial charge is 0.493 e. The first-order valence-electron chi connectivity index (χ1n) is 10.6. The van der Waals surface area contributed by atoms with Crippen LogP contribution in [0.2, 0.25) is 0 Å². The fourth-order valence-electron chi connectivity index (χ4n) is 4.67. The molecule has 30 heavy (non-hydrogen) atoms. The Labute approximate surface area is 175 Å². The molecule has 1 aromatic heterocycles. The van der Waals surface area contributed by atoms with E-state index in [0.29, 0.717) is 24.4 Å². The Bertz CT molecular complexity index is 1060. The monoisotopic (exact) mass is 403 g/mol. The molecule has 7 nitrogen and oxygen atoms in total. The Morgan fingerprint density at radius 1 is 1.03 bits per heavy atom. The summed E-state index contributed by atoms with van der Waals surface area (Å²) in [5, 5.41) is 14.3. The third-order valence-electron chi connectivity index (χ3n) is 6.08. The quantitative estimate of drug-likeness (QED) is 0.692. The fourth-order valence-corrected chi connectivity index (χ4v) is 4.67. The Morgan fingerprint density at radius 2 is 1.83 bits per heavy atom. The van der Waals surface area contributed by atoms with E-state index >= 15 is 0 Å². The second-order valence-corrected chi connectivity index (χ2v) is 7.77. The van der Waals surface area contributed by atoms with E-state index in [1.54, 1.807) is 7.11 Å². The van der Waals surface area contributed by atoms with Gasteiger partial charge in [0, 0.05) is 22.6 Å². The van der Waals surface area contributed by atoms with Crippen molar-refractivity contribution >= 4 is 5.71 Å². The first kappa shape index (κ1) is 18.8. The highest BCUT2D eigenvalue weighted by Gasteiger charge is 2.34. The lowest BCUT2D eigenvalue weighted by Gasteiger charge is -2.36. The lowest BCUT2D eigenvalue weighted by atomic mass is 9.75. The third-order valence-corrected chi connectivity index (χ3v) is 6.08. The maximum absolute atomic E-state index is 5.88. The summed E-state index contributed by atoms with van der Waals surface area (Å²) in [5.41, 5.74) is 5.50. The molecule has 0 amide bonds. The minimum Gasteiger partial charge on any atom is -0.493 e. The third kappa shape index (κ3) is 3.24. The summed E-state index contributed by atoms with van der Waals surface area (Å²) in [6.07, 6.45) is 4.78. The maximum Gasteiger partial charge on any atom is 0.204 e. The molecule has 1 saturated carbocycles. The number of fused-ring (bicyclic) bond motifs is 3. The molecular weight excluding hydrogens is 378 g/mol. The first-order chi connectivity index (χ1) is 14.8. The van der Waals surface area contributed by atoms with Gasteiger partial charge in [0.25, 0.3) is 0 Å². The van der Waals surface area contributed by atoms with Gasteiger partial charge < -0.3 is 9.47 Å². The summed E-state index contributed by atoms with van der Waals surface area (Å²) in [5.74, 6) is 2.60. The zero-order valence-corrected chi connectivity index (χ0v) is 17.3. The Balaban J connectivity index is 1.61. The second-order valence-electron chi connectivity index (χ2n) is 7.77. The van der Waals surface area contributed by atoms with Gasteiger partial charge in [0.05, 0.1) is 25.5 Å². The number of aromatic nitrogens is 4. The second kappa shape index (κ2) is 7.89. The Kier molecular flexibility index (Phi) is 4.94. The van der Waals surface area contributed by atoms with Gasteiger partial charge in [0.15, 0.2) is 11.5 Å². The van der Waals surface area contributed by atoms with Gasteiger partial charge in [-0.25, -0.2) is 0 Å². The van der Waals surface area contributed by atoms with Gasteiger partial charge in [0.2, 0.25) is 5.82 Å². The van der Waals surface area contributed by atoms with Crippen molar-refractivity contribution in [2.45, 2.75) is 44.6 Å². The van der Waals surface area contributed by atoms with Crippen LogP contribution in [0.4, 0.5) is 0 Å². The lowest BCUT2D eigenvalue weighted by Crippen LogP contribution is -2.29. The number of nitrogens with one attached hydrogen (secondary N) is 1. The van der Waals surface area contributed by atoms with Crippen molar-refractivity contribution < 1.29 is 9.47 Å². The number of rotatable bonds is 5. The van der Waals surface area contributed by atoms with Gasteiger partial charge >= 0.3 is 0 Å². The van der Waals surface area contributed by atoms with Crippen LogP contribution in [-0.4, -0.2) is 46.1 Å². The fraction of sp³-hybridized carbons (Fsp3) is 0.391. The van der Waals surface area contributed by atoms with Crippen LogP contribution >= 0.6 is 0 Å². The van der Waals surface area contributed by atoms with Crippen LogP contribution in [0, 0.1) is 0 Å². The van der Waals surface area contributed by atoms with Crippen LogP contribution in [0.1, 0.15) is 55.2 Å². The van der Waals surface area contributed by atoms with Crippen LogP contribution in [-0.2, 0) is 0 Å². The molecule has 2 atom stereocenters. The SMILES string of the molecule is CCOc1cc2c(cc1OC)C(c1ccc(-c3nn[nH]n3)cc1)=N[C@H]1CCCC[C@@H]21. The van der Waals surface area contributed by atoms with E-state index in [9.17, 15) is 0 Å². The van der Waals surface area contributed by atoms with Crippen molar-refractivity contribution in [1.29, 1.82) is 0 Å². The number of hydrogen-bond acceptors (Lipinski definition) is 6.